The van der Waals surface area contributed by atoms with E-state index in [9.17, 15) is 0 Å². The molecule has 0 radical (unpaired) electrons. The molecule has 3 rings (SSSR count). The molecule has 106 valence electrons. The van der Waals surface area contributed by atoms with E-state index in [2.05, 4.69) is 71.6 Å². The molecular weight excluding hydrogens is 274 g/mol. The molecule has 2 heteroatoms. The summed E-state index contributed by atoms with van der Waals surface area (Å²) >= 11 is 5.52. The Morgan fingerprint density at radius 1 is 0.905 bits per heavy atom. The first-order valence-corrected chi connectivity index (χ1v) is 7.85. The van der Waals surface area contributed by atoms with Gasteiger partial charge in [0.05, 0.1) is 4.99 Å². The number of rotatable bonds is 5. The van der Waals surface area contributed by atoms with Crippen molar-refractivity contribution in [1.82, 2.24) is 4.90 Å². The highest BCUT2D eigenvalue weighted by atomic mass is 32.1. The maximum Gasteiger partial charge on any atom is 0.0862 e. The van der Waals surface area contributed by atoms with Gasteiger partial charge in [0.25, 0.3) is 0 Å². The third-order valence-corrected chi connectivity index (χ3v) is 4.21. The van der Waals surface area contributed by atoms with Gasteiger partial charge in [-0.25, -0.2) is 0 Å². The summed E-state index contributed by atoms with van der Waals surface area (Å²) in [6.45, 7) is 0.994. The molecule has 1 heterocycles. The Labute approximate surface area is 131 Å². The van der Waals surface area contributed by atoms with Crippen molar-refractivity contribution in [3.05, 3.63) is 77.9 Å². The van der Waals surface area contributed by atoms with Crippen LogP contribution in [0.25, 0.3) is 5.70 Å². The molecule has 0 N–H and O–H groups in total. The molecule has 0 aromatic heterocycles. The highest BCUT2D eigenvalue weighted by molar-refractivity contribution is 7.80. The van der Waals surface area contributed by atoms with E-state index in [0.717, 1.165) is 30.8 Å². The minimum absolute atomic E-state index is 0.894. The van der Waals surface area contributed by atoms with Crippen molar-refractivity contribution in [2.75, 3.05) is 6.54 Å². The molecule has 0 fully saturated rings. The van der Waals surface area contributed by atoms with Crippen molar-refractivity contribution >= 4 is 22.9 Å². The van der Waals surface area contributed by atoms with Crippen LogP contribution < -0.4 is 0 Å². The Balaban J connectivity index is 1.64. The van der Waals surface area contributed by atoms with Crippen molar-refractivity contribution in [2.45, 2.75) is 19.3 Å². The average Bonchev–Trinajstić information content (AvgIpc) is 2.91. The Bertz CT molecular complexity index is 631. The molecule has 1 aliphatic rings. The van der Waals surface area contributed by atoms with Crippen LogP contribution in [0.2, 0.25) is 0 Å². The summed E-state index contributed by atoms with van der Waals surface area (Å²) < 4.78 is 0. The average molecular weight is 293 g/mol. The third-order valence-electron chi connectivity index (χ3n) is 3.82. The molecule has 21 heavy (non-hydrogen) atoms. The zero-order chi connectivity index (χ0) is 14.5. The summed E-state index contributed by atoms with van der Waals surface area (Å²) in [5.41, 5.74) is 3.93. The summed E-state index contributed by atoms with van der Waals surface area (Å²) in [6.07, 6.45) is 5.36. The molecule has 0 spiro atoms. The van der Waals surface area contributed by atoms with Gasteiger partial charge in [0.2, 0.25) is 0 Å². The molecule has 0 atom stereocenters. The van der Waals surface area contributed by atoms with Gasteiger partial charge >= 0.3 is 0 Å². The van der Waals surface area contributed by atoms with Crippen molar-refractivity contribution < 1.29 is 0 Å². The van der Waals surface area contributed by atoms with Gasteiger partial charge in [-0.1, -0.05) is 79.0 Å². The predicted molar refractivity (Wildman–Crippen MR) is 93.1 cm³/mol. The number of aryl methyl sites for hydroxylation is 1. The van der Waals surface area contributed by atoms with E-state index in [1.807, 2.05) is 0 Å². The van der Waals surface area contributed by atoms with Crippen LogP contribution in [0.4, 0.5) is 0 Å². The van der Waals surface area contributed by atoms with Gasteiger partial charge < -0.3 is 4.90 Å². The normalized spacial score (nSPS) is 14.4. The molecule has 0 aliphatic carbocycles. The standard InChI is InChI=1S/C19H19NS/c21-19-14-13-18(17-11-5-2-6-12-17)20(19)15-7-10-16-8-3-1-4-9-16/h1-6,8-9,11-13H,7,10,14-15H2. The van der Waals surface area contributed by atoms with Crippen LogP contribution in [0, 0.1) is 0 Å². The highest BCUT2D eigenvalue weighted by Crippen LogP contribution is 2.27. The quantitative estimate of drug-likeness (QED) is 0.736. The minimum Gasteiger partial charge on any atom is -0.336 e. The van der Waals surface area contributed by atoms with Gasteiger partial charge in [-0.05, 0) is 24.0 Å². The lowest BCUT2D eigenvalue weighted by Gasteiger charge is -2.23. The summed E-state index contributed by atoms with van der Waals surface area (Å²) in [5.74, 6) is 0. The first kappa shape index (κ1) is 14.0. The second kappa shape index (κ2) is 6.68. The molecule has 1 nitrogen and oxygen atoms in total. The molecule has 0 saturated carbocycles. The summed E-state index contributed by atoms with van der Waals surface area (Å²) in [6, 6.07) is 21.2. The van der Waals surface area contributed by atoms with Crippen LogP contribution >= 0.6 is 12.2 Å². The Hall–Kier alpha value is -1.93. The Morgan fingerprint density at radius 3 is 2.29 bits per heavy atom. The lowest BCUT2D eigenvalue weighted by molar-refractivity contribution is 0.565. The van der Waals surface area contributed by atoms with Gasteiger partial charge in [-0.2, -0.15) is 0 Å². The zero-order valence-electron chi connectivity index (χ0n) is 12.0. The maximum absolute atomic E-state index is 5.52. The van der Waals surface area contributed by atoms with E-state index < -0.39 is 0 Å². The minimum atomic E-state index is 0.894. The molecule has 2 aromatic carbocycles. The van der Waals surface area contributed by atoms with Crippen LogP contribution in [0.5, 0.6) is 0 Å². The van der Waals surface area contributed by atoms with Crippen LogP contribution in [-0.2, 0) is 6.42 Å². The van der Waals surface area contributed by atoms with Crippen LogP contribution in [0.3, 0.4) is 0 Å². The summed E-state index contributed by atoms with van der Waals surface area (Å²) in [4.78, 5) is 3.34. The van der Waals surface area contributed by atoms with Crippen molar-refractivity contribution in [2.24, 2.45) is 0 Å². The lowest BCUT2D eigenvalue weighted by Crippen LogP contribution is -2.24. The monoisotopic (exact) mass is 293 g/mol. The topological polar surface area (TPSA) is 3.24 Å². The number of hydrogen-bond acceptors (Lipinski definition) is 1. The van der Waals surface area contributed by atoms with Crippen LogP contribution in [-0.4, -0.2) is 16.4 Å². The fourth-order valence-corrected chi connectivity index (χ4v) is 3.03. The summed E-state index contributed by atoms with van der Waals surface area (Å²) in [5, 5.41) is 0. The largest absolute Gasteiger partial charge is 0.336 e. The summed E-state index contributed by atoms with van der Waals surface area (Å²) in [7, 11) is 0. The second-order valence-corrected chi connectivity index (χ2v) is 5.77. The first-order valence-electron chi connectivity index (χ1n) is 7.44. The van der Waals surface area contributed by atoms with Gasteiger partial charge in [0.1, 0.15) is 0 Å². The van der Waals surface area contributed by atoms with Crippen molar-refractivity contribution in [3.63, 3.8) is 0 Å². The van der Waals surface area contributed by atoms with E-state index >= 15 is 0 Å². The van der Waals surface area contributed by atoms with Gasteiger partial charge in [-0.15, -0.1) is 0 Å². The molecule has 0 bridgehead atoms. The zero-order valence-corrected chi connectivity index (χ0v) is 12.9. The van der Waals surface area contributed by atoms with Gasteiger partial charge in [0, 0.05) is 18.7 Å². The molecule has 1 aliphatic heterocycles. The lowest BCUT2D eigenvalue weighted by atomic mass is 10.1. The van der Waals surface area contributed by atoms with Crippen molar-refractivity contribution in [1.29, 1.82) is 0 Å². The Kier molecular flexibility index (Phi) is 4.46. The number of benzene rings is 2. The predicted octanol–water partition coefficient (Wildman–Crippen LogP) is 4.69. The van der Waals surface area contributed by atoms with Crippen molar-refractivity contribution in [3.8, 4) is 0 Å². The Morgan fingerprint density at radius 2 is 1.57 bits per heavy atom. The number of nitrogens with zero attached hydrogens (tertiary/aromatic N) is 1. The third kappa shape index (κ3) is 3.40. The molecule has 2 aromatic rings. The number of thiocarbonyl (C=S) groups is 1. The fourth-order valence-electron chi connectivity index (χ4n) is 2.75. The maximum atomic E-state index is 5.52. The van der Waals surface area contributed by atoms with E-state index in [-0.39, 0.29) is 0 Å². The molecular formula is C19H19NS. The van der Waals surface area contributed by atoms with E-state index in [0.29, 0.717) is 0 Å². The van der Waals surface area contributed by atoms with Crippen LogP contribution in [0.1, 0.15) is 24.0 Å². The number of hydrogen-bond donors (Lipinski definition) is 0. The highest BCUT2D eigenvalue weighted by Gasteiger charge is 2.20. The van der Waals surface area contributed by atoms with Gasteiger partial charge in [0.15, 0.2) is 0 Å². The van der Waals surface area contributed by atoms with E-state index in [1.165, 1.54) is 16.8 Å². The SMILES string of the molecule is S=C1CC=C(c2ccccc2)N1CCCc1ccccc1. The van der Waals surface area contributed by atoms with Crippen LogP contribution in [0.15, 0.2) is 66.7 Å². The fraction of sp³-hybridized carbons (Fsp3) is 0.211. The molecule has 0 unspecified atom stereocenters. The molecule has 0 saturated heterocycles. The van der Waals surface area contributed by atoms with E-state index in [1.54, 1.807) is 0 Å². The first-order chi connectivity index (χ1) is 10.3. The molecule has 0 amide bonds. The smallest absolute Gasteiger partial charge is 0.0862 e. The second-order valence-electron chi connectivity index (χ2n) is 5.29. The van der Waals surface area contributed by atoms with E-state index in [4.69, 9.17) is 12.2 Å². The van der Waals surface area contributed by atoms with Gasteiger partial charge in [-0.3, -0.25) is 0 Å².